The number of carbonyl (C=O) groups is 3. The third-order valence-corrected chi connectivity index (χ3v) is 4.92. The molecular formula is C22H18N2O4S. The van der Waals surface area contributed by atoms with Crippen molar-refractivity contribution in [3.05, 3.63) is 64.6 Å². The van der Waals surface area contributed by atoms with E-state index in [0.717, 1.165) is 27.8 Å². The standard InChI is InChI=1S/C22H18N2O4S/c1-3-12-28-18-10-6-16(7-11-18)13-19-21(26)24(22(27)29-19)14-20(25)23-17-8-4-15(2)5-9-17/h1,4-11,13H,12,14H2,2H3,(H,23,25)/b19-13-. The number of ether oxygens (including phenoxy) is 1. The van der Waals surface area contributed by atoms with Crippen LogP contribution in [0, 0.1) is 19.3 Å². The molecule has 2 aromatic rings. The Kier molecular flexibility index (Phi) is 6.37. The Balaban J connectivity index is 1.64. The maximum absolute atomic E-state index is 12.6. The van der Waals surface area contributed by atoms with Gasteiger partial charge in [-0.05, 0) is 54.6 Å². The minimum atomic E-state index is -0.494. The van der Waals surface area contributed by atoms with Crippen LogP contribution in [0.25, 0.3) is 6.08 Å². The van der Waals surface area contributed by atoms with Crippen molar-refractivity contribution in [2.75, 3.05) is 18.5 Å². The molecule has 0 saturated carbocycles. The molecule has 7 heteroatoms. The Labute approximate surface area is 172 Å². The van der Waals surface area contributed by atoms with Gasteiger partial charge in [0.05, 0.1) is 4.91 Å². The van der Waals surface area contributed by atoms with Crippen LogP contribution in [0.5, 0.6) is 5.75 Å². The van der Waals surface area contributed by atoms with Gasteiger partial charge in [-0.2, -0.15) is 0 Å². The number of hydrogen-bond acceptors (Lipinski definition) is 5. The number of aryl methyl sites for hydroxylation is 1. The van der Waals surface area contributed by atoms with Gasteiger partial charge in [0.15, 0.2) is 0 Å². The Morgan fingerprint density at radius 3 is 2.52 bits per heavy atom. The molecule has 0 atom stereocenters. The van der Waals surface area contributed by atoms with Crippen molar-refractivity contribution >= 4 is 40.6 Å². The highest BCUT2D eigenvalue weighted by Gasteiger charge is 2.36. The molecule has 6 nitrogen and oxygen atoms in total. The van der Waals surface area contributed by atoms with Crippen molar-refractivity contribution in [3.8, 4) is 18.1 Å². The van der Waals surface area contributed by atoms with Crippen LogP contribution >= 0.6 is 11.8 Å². The summed E-state index contributed by atoms with van der Waals surface area (Å²) in [5.41, 5.74) is 2.40. The van der Waals surface area contributed by atoms with Crippen LogP contribution in [0.2, 0.25) is 0 Å². The van der Waals surface area contributed by atoms with Crippen molar-refractivity contribution < 1.29 is 19.1 Å². The number of anilines is 1. The van der Waals surface area contributed by atoms with Crippen LogP contribution in [0.1, 0.15) is 11.1 Å². The fourth-order valence-electron chi connectivity index (χ4n) is 2.55. The van der Waals surface area contributed by atoms with E-state index in [9.17, 15) is 14.4 Å². The number of nitrogens with one attached hydrogen (secondary N) is 1. The summed E-state index contributed by atoms with van der Waals surface area (Å²) in [7, 11) is 0. The number of hydrogen-bond donors (Lipinski definition) is 1. The molecule has 0 unspecified atom stereocenters. The lowest BCUT2D eigenvalue weighted by atomic mass is 10.2. The van der Waals surface area contributed by atoms with E-state index in [4.69, 9.17) is 11.2 Å². The molecule has 1 N–H and O–H groups in total. The highest BCUT2D eigenvalue weighted by atomic mass is 32.2. The lowest BCUT2D eigenvalue weighted by Crippen LogP contribution is -2.36. The van der Waals surface area contributed by atoms with Crippen LogP contribution < -0.4 is 10.1 Å². The summed E-state index contributed by atoms with van der Waals surface area (Å²) >= 11 is 0.806. The number of nitrogens with zero attached hydrogens (tertiary/aromatic N) is 1. The van der Waals surface area contributed by atoms with Gasteiger partial charge in [-0.1, -0.05) is 35.7 Å². The Hall–Kier alpha value is -3.50. The molecule has 1 heterocycles. The third kappa shape index (κ3) is 5.27. The zero-order valence-electron chi connectivity index (χ0n) is 15.7. The van der Waals surface area contributed by atoms with E-state index in [1.165, 1.54) is 0 Å². The molecule has 146 valence electrons. The van der Waals surface area contributed by atoms with Gasteiger partial charge >= 0.3 is 0 Å². The van der Waals surface area contributed by atoms with Gasteiger partial charge < -0.3 is 10.1 Å². The van der Waals surface area contributed by atoms with Gasteiger partial charge in [-0.3, -0.25) is 19.3 Å². The third-order valence-electron chi connectivity index (χ3n) is 4.01. The minimum absolute atomic E-state index is 0.170. The second-order valence-corrected chi connectivity index (χ2v) is 7.24. The molecule has 3 rings (SSSR count). The van der Waals surface area contributed by atoms with Crippen molar-refractivity contribution in [3.63, 3.8) is 0 Å². The second kappa shape index (κ2) is 9.13. The number of terminal acetylenes is 1. The monoisotopic (exact) mass is 406 g/mol. The summed E-state index contributed by atoms with van der Waals surface area (Å²) in [5.74, 6) is 2.06. The van der Waals surface area contributed by atoms with Crippen LogP contribution in [-0.2, 0) is 9.59 Å². The summed E-state index contributed by atoms with van der Waals surface area (Å²) in [6.07, 6.45) is 6.75. The average molecular weight is 406 g/mol. The maximum Gasteiger partial charge on any atom is 0.294 e. The minimum Gasteiger partial charge on any atom is -0.481 e. The lowest BCUT2D eigenvalue weighted by Gasteiger charge is -2.12. The molecule has 0 aliphatic carbocycles. The fourth-order valence-corrected chi connectivity index (χ4v) is 3.39. The summed E-state index contributed by atoms with van der Waals surface area (Å²) in [6, 6.07) is 14.2. The van der Waals surface area contributed by atoms with E-state index < -0.39 is 17.1 Å². The summed E-state index contributed by atoms with van der Waals surface area (Å²) < 4.78 is 5.30. The molecule has 0 bridgehead atoms. The fraction of sp³-hybridized carbons (Fsp3) is 0.136. The Morgan fingerprint density at radius 1 is 1.17 bits per heavy atom. The van der Waals surface area contributed by atoms with E-state index >= 15 is 0 Å². The van der Waals surface area contributed by atoms with E-state index in [0.29, 0.717) is 11.4 Å². The van der Waals surface area contributed by atoms with Crippen LogP contribution in [0.4, 0.5) is 10.5 Å². The molecule has 0 spiro atoms. The number of benzene rings is 2. The zero-order chi connectivity index (χ0) is 20.8. The number of amides is 3. The highest BCUT2D eigenvalue weighted by molar-refractivity contribution is 8.18. The molecule has 0 radical (unpaired) electrons. The predicted octanol–water partition coefficient (Wildman–Crippen LogP) is 3.68. The van der Waals surface area contributed by atoms with Gasteiger partial charge in [0.25, 0.3) is 11.1 Å². The largest absolute Gasteiger partial charge is 0.481 e. The van der Waals surface area contributed by atoms with E-state index in [1.807, 2.05) is 19.1 Å². The Morgan fingerprint density at radius 2 is 1.86 bits per heavy atom. The Bertz CT molecular complexity index is 1000. The quantitative estimate of drug-likeness (QED) is 0.585. The van der Waals surface area contributed by atoms with E-state index in [1.54, 1.807) is 42.5 Å². The van der Waals surface area contributed by atoms with Gasteiger partial charge in [0.1, 0.15) is 18.9 Å². The first kappa shape index (κ1) is 20.2. The summed E-state index contributed by atoms with van der Waals surface area (Å²) in [5, 5.41) is 2.21. The van der Waals surface area contributed by atoms with Crippen molar-refractivity contribution in [2.45, 2.75) is 6.92 Å². The molecule has 3 amide bonds. The first-order valence-corrected chi connectivity index (χ1v) is 9.56. The SMILES string of the molecule is C#CCOc1ccc(/C=C2\SC(=O)N(CC(=O)Nc3ccc(C)cc3)C2=O)cc1. The van der Waals surface area contributed by atoms with Crippen LogP contribution in [0.15, 0.2) is 53.4 Å². The number of thioether (sulfide) groups is 1. The molecule has 1 aliphatic heterocycles. The predicted molar refractivity (Wildman–Crippen MR) is 113 cm³/mol. The molecule has 29 heavy (non-hydrogen) atoms. The number of imide groups is 1. The van der Waals surface area contributed by atoms with Gasteiger partial charge in [-0.15, -0.1) is 6.42 Å². The lowest BCUT2D eigenvalue weighted by molar-refractivity contribution is -0.127. The smallest absolute Gasteiger partial charge is 0.294 e. The van der Waals surface area contributed by atoms with Gasteiger partial charge in [0.2, 0.25) is 5.91 Å². The molecule has 2 aromatic carbocycles. The first-order valence-electron chi connectivity index (χ1n) is 8.74. The molecule has 1 saturated heterocycles. The molecular weight excluding hydrogens is 388 g/mol. The summed E-state index contributed by atoms with van der Waals surface area (Å²) in [6.45, 7) is 1.77. The number of rotatable bonds is 6. The normalized spacial score (nSPS) is 14.8. The zero-order valence-corrected chi connectivity index (χ0v) is 16.5. The van der Waals surface area contributed by atoms with E-state index in [2.05, 4.69) is 11.2 Å². The van der Waals surface area contributed by atoms with Gasteiger partial charge in [0, 0.05) is 5.69 Å². The first-order chi connectivity index (χ1) is 14.0. The average Bonchev–Trinajstić information content (AvgIpc) is 2.96. The van der Waals surface area contributed by atoms with Crippen molar-refractivity contribution in [2.24, 2.45) is 0 Å². The molecule has 1 aliphatic rings. The maximum atomic E-state index is 12.6. The number of carbonyl (C=O) groups excluding carboxylic acids is 3. The highest BCUT2D eigenvalue weighted by Crippen LogP contribution is 2.32. The van der Waals surface area contributed by atoms with Crippen molar-refractivity contribution in [1.82, 2.24) is 4.90 Å². The summed E-state index contributed by atoms with van der Waals surface area (Å²) in [4.78, 5) is 38.2. The molecule has 0 aromatic heterocycles. The van der Waals surface area contributed by atoms with Crippen molar-refractivity contribution in [1.29, 1.82) is 0 Å². The topological polar surface area (TPSA) is 75.7 Å². The van der Waals surface area contributed by atoms with E-state index in [-0.39, 0.29) is 18.1 Å². The molecule has 1 fully saturated rings. The second-order valence-electron chi connectivity index (χ2n) is 6.24. The van der Waals surface area contributed by atoms with Crippen LogP contribution in [-0.4, -0.2) is 35.1 Å². The van der Waals surface area contributed by atoms with Gasteiger partial charge in [-0.25, -0.2) is 0 Å². The van der Waals surface area contributed by atoms with Crippen LogP contribution in [0.3, 0.4) is 0 Å².